The SMILES string of the molecule is COc1cc(-c2nc(SC(C)C)nc(N3CCOCC3)c2C#N)cc(OC)c1OC. The summed E-state index contributed by atoms with van der Waals surface area (Å²) in [5.74, 6) is 2.12. The van der Waals surface area contributed by atoms with E-state index in [1.807, 2.05) is 0 Å². The molecule has 0 radical (unpaired) electrons. The fourth-order valence-corrected chi connectivity index (χ4v) is 3.93. The molecule has 0 atom stereocenters. The smallest absolute Gasteiger partial charge is 0.203 e. The lowest BCUT2D eigenvalue weighted by Crippen LogP contribution is -2.37. The monoisotopic (exact) mass is 430 g/mol. The van der Waals surface area contributed by atoms with E-state index in [9.17, 15) is 5.26 Å². The Kier molecular flexibility index (Phi) is 7.24. The van der Waals surface area contributed by atoms with Gasteiger partial charge in [-0.05, 0) is 12.1 Å². The van der Waals surface area contributed by atoms with Crippen molar-refractivity contribution in [2.45, 2.75) is 24.3 Å². The first kappa shape index (κ1) is 22.0. The van der Waals surface area contributed by atoms with Crippen LogP contribution in [0.2, 0.25) is 0 Å². The Labute approximate surface area is 181 Å². The van der Waals surface area contributed by atoms with Crippen molar-refractivity contribution < 1.29 is 18.9 Å². The number of hydrogen-bond donors (Lipinski definition) is 0. The van der Waals surface area contributed by atoms with Crippen LogP contribution in [0.4, 0.5) is 5.82 Å². The van der Waals surface area contributed by atoms with Gasteiger partial charge in [-0.2, -0.15) is 5.26 Å². The Bertz CT molecular complexity index is 914. The molecule has 8 nitrogen and oxygen atoms in total. The van der Waals surface area contributed by atoms with Crippen LogP contribution in [0.5, 0.6) is 17.2 Å². The van der Waals surface area contributed by atoms with Gasteiger partial charge in [0.1, 0.15) is 11.6 Å². The van der Waals surface area contributed by atoms with E-state index in [1.54, 1.807) is 45.2 Å². The Hall–Kier alpha value is -2.70. The first-order chi connectivity index (χ1) is 14.5. The van der Waals surface area contributed by atoms with Gasteiger partial charge in [-0.3, -0.25) is 0 Å². The molecule has 160 valence electrons. The third-order valence-corrected chi connectivity index (χ3v) is 5.44. The van der Waals surface area contributed by atoms with Crippen molar-refractivity contribution in [2.24, 2.45) is 0 Å². The van der Waals surface area contributed by atoms with E-state index in [2.05, 4.69) is 24.8 Å². The summed E-state index contributed by atoms with van der Waals surface area (Å²) in [6.45, 7) is 6.71. The summed E-state index contributed by atoms with van der Waals surface area (Å²) in [5.41, 5.74) is 1.65. The summed E-state index contributed by atoms with van der Waals surface area (Å²) in [5, 5.41) is 11.0. The summed E-state index contributed by atoms with van der Waals surface area (Å²) in [4.78, 5) is 11.5. The second-order valence-corrected chi connectivity index (χ2v) is 8.39. The Balaban J connectivity index is 2.23. The molecule has 1 saturated heterocycles. The summed E-state index contributed by atoms with van der Waals surface area (Å²) in [6, 6.07) is 5.92. The van der Waals surface area contributed by atoms with Crippen LogP contribution in [0.3, 0.4) is 0 Å². The van der Waals surface area contributed by atoms with Gasteiger partial charge in [0, 0.05) is 23.9 Å². The first-order valence-corrected chi connectivity index (χ1v) is 10.5. The molecule has 1 aromatic carbocycles. The van der Waals surface area contributed by atoms with Gasteiger partial charge in [-0.15, -0.1) is 0 Å². The van der Waals surface area contributed by atoms with Gasteiger partial charge in [0.25, 0.3) is 0 Å². The zero-order chi connectivity index (χ0) is 21.7. The molecule has 3 rings (SSSR count). The van der Waals surface area contributed by atoms with Gasteiger partial charge >= 0.3 is 0 Å². The highest BCUT2D eigenvalue weighted by atomic mass is 32.2. The van der Waals surface area contributed by atoms with Crippen molar-refractivity contribution >= 4 is 17.6 Å². The molecule has 0 N–H and O–H groups in total. The number of nitriles is 1. The molecule has 2 aromatic rings. The lowest BCUT2D eigenvalue weighted by atomic mass is 10.0. The van der Waals surface area contributed by atoms with Crippen molar-refractivity contribution in [1.29, 1.82) is 5.26 Å². The lowest BCUT2D eigenvalue weighted by Gasteiger charge is -2.29. The average Bonchev–Trinajstić information content (AvgIpc) is 2.77. The van der Waals surface area contributed by atoms with Crippen molar-refractivity contribution in [3.63, 3.8) is 0 Å². The summed E-state index contributed by atoms with van der Waals surface area (Å²) in [7, 11) is 4.68. The molecule has 9 heteroatoms. The highest BCUT2D eigenvalue weighted by Gasteiger charge is 2.24. The van der Waals surface area contributed by atoms with Crippen LogP contribution in [0, 0.1) is 11.3 Å². The van der Waals surface area contributed by atoms with E-state index >= 15 is 0 Å². The van der Waals surface area contributed by atoms with Gasteiger partial charge in [-0.25, -0.2) is 9.97 Å². The maximum absolute atomic E-state index is 10.0. The quantitative estimate of drug-likeness (QED) is 0.484. The van der Waals surface area contributed by atoms with Gasteiger partial charge < -0.3 is 23.8 Å². The molecule has 2 heterocycles. The van der Waals surface area contributed by atoms with E-state index in [0.717, 1.165) is 0 Å². The number of thioether (sulfide) groups is 1. The molecule has 30 heavy (non-hydrogen) atoms. The van der Waals surface area contributed by atoms with E-state index in [-0.39, 0.29) is 0 Å². The van der Waals surface area contributed by atoms with Crippen molar-refractivity contribution in [2.75, 3.05) is 52.5 Å². The number of benzene rings is 1. The topological polar surface area (TPSA) is 89.7 Å². The number of rotatable bonds is 7. The minimum atomic E-state index is 0.295. The molecule has 1 aromatic heterocycles. The van der Waals surface area contributed by atoms with Gasteiger partial charge in [-0.1, -0.05) is 25.6 Å². The molecule has 0 unspecified atom stereocenters. The zero-order valence-electron chi connectivity index (χ0n) is 17.9. The number of hydrogen-bond acceptors (Lipinski definition) is 9. The summed E-state index contributed by atoms with van der Waals surface area (Å²) < 4.78 is 21.9. The van der Waals surface area contributed by atoms with Gasteiger partial charge in [0.2, 0.25) is 5.75 Å². The normalized spacial score (nSPS) is 13.8. The average molecular weight is 431 g/mol. The molecule has 0 spiro atoms. The molecule has 0 bridgehead atoms. The number of anilines is 1. The van der Waals surface area contributed by atoms with Crippen LogP contribution in [0.1, 0.15) is 19.4 Å². The first-order valence-electron chi connectivity index (χ1n) is 9.64. The van der Waals surface area contributed by atoms with Gasteiger partial charge in [0.05, 0.1) is 40.2 Å². The third kappa shape index (κ3) is 4.55. The second-order valence-electron chi connectivity index (χ2n) is 6.85. The van der Waals surface area contributed by atoms with E-state index in [0.29, 0.717) is 76.6 Å². The number of nitrogens with zero attached hydrogens (tertiary/aromatic N) is 4. The van der Waals surface area contributed by atoms with Gasteiger partial charge in [0.15, 0.2) is 22.5 Å². The predicted octanol–water partition coefficient (Wildman–Crippen LogP) is 3.38. The number of methoxy groups -OCH3 is 3. The highest BCUT2D eigenvalue weighted by Crippen LogP contribution is 2.42. The molecule has 0 saturated carbocycles. The Morgan fingerprint density at radius 3 is 2.20 bits per heavy atom. The predicted molar refractivity (Wildman–Crippen MR) is 116 cm³/mol. The summed E-state index contributed by atoms with van der Waals surface area (Å²) >= 11 is 1.56. The minimum Gasteiger partial charge on any atom is -0.493 e. The fraction of sp³-hybridized carbons (Fsp3) is 0.476. The number of morpholine rings is 1. The molecule has 1 fully saturated rings. The van der Waals surface area contributed by atoms with Crippen LogP contribution in [0.15, 0.2) is 17.3 Å². The Morgan fingerprint density at radius 1 is 1.07 bits per heavy atom. The summed E-state index contributed by atoms with van der Waals surface area (Å²) in [6.07, 6.45) is 0. The molecule has 1 aliphatic heterocycles. The van der Waals surface area contributed by atoms with Crippen molar-refractivity contribution in [3.8, 4) is 34.6 Å². The van der Waals surface area contributed by atoms with E-state index < -0.39 is 0 Å². The third-order valence-electron chi connectivity index (χ3n) is 4.57. The van der Waals surface area contributed by atoms with E-state index in [1.165, 1.54) is 0 Å². The van der Waals surface area contributed by atoms with Crippen molar-refractivity contribution in [1.82, 2.24) is 9.97 Å². The lowest BCUT2D eigenvalue weighted by molar-refractivity contribution is 0.122. The van der Waals surface area contributed by atoms with Crippen LogP contribution >= 0.6 is 11.8 Å². The maximum Gasteiger partial charge on any atom is 0.203 e. The van der Waals surface area contributed by atoms with Crippen LogP contribution in [-0.4, -0.2) is 62.9 Å². The number of ether oxygens (including phenoxy) is 4. The zero-order valence-corrected chi connectivity index (χ0v) is 18.7. The molecule has 1 aliphatic rings. The fourth-order valence-electron chi connectivity index (χ4n) is 3.23. The second kappa shape index (κ2) is 9.87. The molecular formula is C21H26N4O4S. The van der Waals surface area contributed by atoms with Crippen molar-refractivity contribution in [3.05, 3.63) is 17.7 Å². The largest absolute Gasteiger partial charge is 0.493 e. The minimum absolute atomic E-state index is 0.295. The Morgan fingerprint density at radius 2 is 1.70 bits per heavy atom. The highest BCUT2D eigenvalue weighted by molar-refractivity contribution is 7.99. The standard InChI is InChI=1S/C21H26N4O4S/c1-13(2)30-21-23-18(14-10-16(26-3)19(28-5)17(11-14)27-4)15(12-22)20(24-21)25-6-8-29-9-7-25/h10-11,13H,6-9H2,1-5H3. The number of aromatic nitrogens is 2. The van der Waals surface area contributed by atoms with E-state index in [4.69, 9.17) is 28.9 Å². The van der Waals surface area contributed by atoms with Crippen LogP contribution < -0.4 is 19.1 Å². The molecular weight excluding hydrogens is 404 g/mol. The van der Waals surface area contributed by atoms with Crippen LogP contribution in [-0.2, 0) is 4.74 Å². The maximum atomic E-state index is 10.0. The molecule has 0 aliphatic carbocycles. The molecule has 0 amide bonds. The van der Waals surface area contributed by atoms with Crippen LogP contribution in [0.25, 0.3) is 11.3 Å².